The summed E-state index contributed by atoms with van der Waals surface area (Å²) in [5, 5.41) is 29.5. The first-order valence-corrected chi connectivity index (χ1v) is 12.5. The number of amides is 1. The monoisotopic (exact) mass is 541 g/mol. The molecule has 1 aromatic carbocycles. The van der Waals surface area contributed by atoms with Crippen molar-refractivity contribution in [2.24, 2.45) is 0 Å². The van der Waals surface area contributed by atoms with Crippen LogP contribution in [0.1, 0.15) is 23.2 Å². The first-order chi connectivity index (χ1) is 17.2. The van der Waals surface area contributed by atoms with Crippen LogP contribution in [-0.2, 0) is 19.7 Å². The number of carboxylic acids is 2. The van der Waals surface area contributed by atoms with E-state index >= 15 is 0 Å². The molecule has 0 saturated carbocycles. The first kappa shape index (κ1) is 28.9. The van der Waals surface area contributed by atoms with Crippen LogP contribution in [0.2, 0.25) is 0 Å². The van der Waals surface area contributed by atoms with E-state index in [2.05, 4.69) is 31.2 Å². The van der Waals surface area contributed by atoms with Crippen LogP contribution in [0, 0.1) is 0 Å². The molecular weight excluding hydrogens is 514 g/mol. The van der Waals surface area contributed by atoms with Crippen molar-refractivity contribution in [2.75, 3.05) is 41.0 Å². The second-order valence-electron chi connectivity index (χ2n) is 7.88. The molecule has 37 heavy (non-hydrogen) atoms. The van der Waals surface area contributed by atoms with Crippen LogP contribution in [0.3, 0.4) is 0 Å². The van der Waals surface area contributed by atoms with Gasteiger partial charge in [-0.3, -0.25) is 23.9 Å². The molecule has 3 rings (SSSR count). The summed E-state index contributed by atoms with van der Waals surface area (Å²) in [6, 6.07) is 4.93. The Balaban J connectivity index is 0.000000877. The van der Waals surface area contributed by atoms with Crippen molar-refractivity contribution < 1.29 is 37.6 Å². The molecule has 202 valence electrons. The number of H-pyrrole nitrogens is 1. The van der Waals surface area contributed by atoms with E-state index in [1.54, 1.807) is 12.1 Å². The number of nitrogens with one attached hydrogen (secondary N) is 5. The number of aromatic amines is 1. The second kappa shape index (κ2) is 12.5. The summed E-state index contributed by atoms with van der Waals surface area (Å²) in [5.41, 5.74) is 6.40. The zero-order valence-electron chi connectivity index (χ0n) is 19.5. The number of carbonyl (C=O) groups is 3. The molecule has 2 heterocycles. The lowest BCUT2D eigenvalue weighted by atomic mass is 10.1. The molecule has 2 aromatic rings. The standard InChI is InChI=1S/C19H23N7O6.CH4O3S/c20-19-25-15-14(17(30)26-19)23-11(8-22-15)7-21-10-3-1-9(2-4-10)16(29)24-12(18(31)32)5-6-13(27)28;1-5(2,3)4/h1-4,11-12,21,23H,5-8H2,(H,24,29)(H,27,28)(H,31,32)(H4,20,22,25,26,30);1H3,(H,2,3,4)/t11-,12?;/m0./s1. The summed E-state index contributed by atoms with van der Waals surface area (Å²) in [7, 11) is -3.67. The number of anilines is 4. The van der Waals surface area contributed by atoms with Crippen LogP contribution in [0.15, 0.2) is 29.1 Å². The molecule has 0 spiro atoms. The van der Waals surface area contributed by atoms with Gasteiger partial charge in [-0.05, 0) is 30.7 Å². The molecule has 0 bridgehead atoms. The highest BCUT2D eigenvalue weighted by Crippen LogP contribution is 2.20. The summed E-state index contributed by atoms with van der Waals surface area (Å²) >= 11 is 0. The lowest BCUT2D eigenvalue weighted by Gasteiger charge is -2.27. The van der Waals surface area contributed by atoms with Crippen LogP contribution < -0.4 is 32.6 Å². The molecule has 17 heteroatoms. The van der Waals surface area contributed by atoms with E-state index in [-0.39, 0.29) is 36.0 Å². The number of hydrogen-bond acceptors (Lipinski definition) is 11. The fourth-order valence-corrected chi connectivity index (χ4v) is 3.10. The molecule has 0 aliphatic carbocycles. The van der Waals surface area contributed by atoms with Crippen molar-refractivity contribution in [3.8, 4) is 0 Å². The number of fused-ring (bicyclic) bond motifs is 1. The third-order valence-electron chi connectivity index (χ3n) is 4.75. The predicted octanol–water partition coefficient (Wildman–Crippen LogP) is -0.778. The number of benzene rings is 1. The minimum Gasteiger partial charge on any atom is -0.481 e. The predicted molar refractivity (Wildman–Crippen MR) is 133 cm³/mol. The first-order valence-electron chi connectivity index (χ1n) is 10.6. The van der Waals surface area contributed by atoms with Gasteiger partial charge < -0.3 is 37.2 Å². The topological polar surface area (TPSA) is 266 Å². The number of carboxylic acid groups (broad SMARTS) is 2. The molecule has 1 amide bonds. The molecule has 1 aromatic heterocycles. The summed E-state index contributed by atoms with van der Waals surface area (Å²) in [6.07, 6.45) is 0.128. The van der Waals surface area contributed by atoms with Crippen LogP contribution in [0.5, 0.6) is 0 Å². The number of aliphatic carboxylic acids is 2. The molecule has 1 aliphatic rings. The summed E-state index contributed by atoms with van der Waals surface area (Å²) in [5.74, 6) is -2.64. The lowest BCUT2D eigenvalue weighted by molar-refractivity contribution is -0.140. The Morgan fingerprint density at radius 2 is 1.84 bits per heavy atom. The van der Waals surface area contributed by atoms with E-state index < -0.39 is 34.0 Å². The minimum absolute atomic E-state index is 0.0281. The largest absolute Gasteiger partial charge is 0.481 e. The SMILES string of the molecule is CS(=O)(=O)O.Nc1nc2c(c(=O)[nH]1)N[C@@H](CNc1ccc(C(=O)NC(CCC(=O)O)C(=O)O)cc1)CN2. The van der Waals surface area contributed by atoms with Gasteiger partial charge in [-0.2, -0.15) is 13.4 Å². The van der Waals surface area contributed by atoms with Gasteiger partial charge in [0.25, 0.3) is 21.6 Å². The smallest absolute Gasteiger partial charge is 0.326 e. The average molecular weight is 542 g/mol. The number of nitrogen functional groups attached to an aromatic ring is 1. The van der Waals surface area contributed by atoms with Gasteiger partial charge in [0.15, 0.2) is 5.82 Å². The number of aromatic nitrogens is 2. The van der Waals surface area contributed by atoms with Gasteiger partial charge in [0, 0.05) is 30.8 Å². The van der Waals surface area contributed by atoms with Gasteiger partial charge in [0.05, 0.1) is 12.3 Å². The van der Waals surface area contributed by atoms with Crippen molar-refractivity contribution in [1.29, 1.82) is 0 Å². The number of nitrogens with zero attached hydrogens (tertiary/aromatic N) is 1. The van der Waals surface area contributed by atoms with Crippen molar-refractivity contribution >= 4 is 51.1 Å². The van der Waals surface area contributed by atoms with Crippen molar-refractivity contribution in [1.82, 2.24) is 15.3 Å². The maximum absolute atomic E-state index is 12.3. The number of hydrogen-bond donors (Lipinski definition) is 9. The highest BCUT2D eigenvalue weighted by molar-refractivity contribution is 7.85. The van der Waals surface area contributed by atoms with E-state index in [9.17, 15) is 27.6 Å². The minimum atomic E-state index is -3.67. The summed E-state index contributed by atoms with van der Waals surface area (Å²) in [6.45, 7) is 0.960. The third kappa shape index (κ3) is 10.0. The maximum atomic E-state index is 12.3. The van der Waals surface area contributed by atoms with Gasteiger partial charge in [0.2, 0.25) is 5.95 Å². The zero-order valence-corrected chi connectivity index (χ0v) is 20.3. The average Bonchev–Trinajstić information content (AvgIpc) is 2.79. The highest BCUT2D eigenvalue weighted by atomic mass is 32.2. The summed E-state index contributed by atoms with van der Waals surface area (Å²) < 4.78 is 25.9. The molecule has 0 radical (unpaired) electrons. The number of rotatable bonds is 9. The molecule has 0 saturated heterocycles. The Bertz CT molecular complexity index is 1290. The Morgan fingerprint density at radius 1 is 1.22 bits per heavy atom. The van der Waals surface area contributed by atoms with E-state index in [0.717, 1.165) is 0 Å². The van der Waals surface area contributed by atoms with Crippen LogP contribution in [0.4, 0.5) is 23.1 Å². The van der Waals surface area contributed by atoms with Gasteiger partial charge in [-0.15, -0.1) is 0 Å². The van der Waals surface area contributed by atoms with Crippen LogP contribution >= 0.6 is 0 Å². The fraction of sp³-hybridized carbons (Fsp3) is 0.350. The van der Waals surface area contributed by atoms with Gasteiger partial charge >= 0.3 is 11.9 Å². The number of nitrogens with two attached hydrogens (primary N) is 1. The second-order valence-corrected chi connectivity index (χ2v) is 9.35. The molecule has 2 atom stereocenters. The highest BCUT2D eigenvalue weighted by Gasteiger charge is 2.23. The Hall–Kier alpha value is -4.38. The van der Waals surface area contributed by atoms with Crippen LogP contribution in [-0.4, -0.2) is 82.4 Å². The van der Waals surface area contributed by atoms with Crippen molar-refractivity contribution in [3.63, 3.8) is 0 Å². The quantitative estimate of drug-likeness (QED) is 0.176. The molecule has 1 aliphatic heterocycles. The molecule has 0 fully saturated rings. The van der Waals surface area contributed by atoms with Crippen LogP contribution in [0.25, 0.3) is 0 Å². The number of carbonyl (C=O) groups excluding carboxylic acids is 1. The van der Waals surface area contributed by atoms with E-state index in [4.69, 9.17) is 20.5 Å². The Labute approximate surface area is 210 Å². The van der Waals surface area contributed by atoms with Gasteiger partial charge in [0.1, 0.15) is 11.7 Å². The van der Waals surface area contributed by atoms with Gasteiger partial charge in [-0.1, -0.05) is 0 Å². The molecular formula is C20H27N7O9S. The molecule has 1 unspecified atom stereocenters. The van der Waals surface area contributed by atoms with E-state index in [1.165, 1.54) is 12.1 Å². The molecule has 16 nitrogen and oxygen atoms in total. The summed E-state index contributed by atoms with van der Waals surface area (Å²) in [4.78, 5) is 52.6. The zero-order chi connectivity index (χ0) is 27.8. The van der Waals surface area contributed by atoms with Gasteiger partial charge in [-0.25, -0.2) is 4.79 Å². The van der Waals surface area contributed by atoms with E-state index in [1.807, 2.05) is 0 Å². The Kier molecular flexibility index (Phi) is 9.78. The maximum Gasteiger partial charge on any atom is 0.326 e. The van der Waals surface area contributed by atoms with Crippen molar-refractivity contribution in [3.05, 3.63) is 40.2 Å². The fourth-order valence-electron chi connectivity index (χ4n) is 3.10. The normalized spacial score (nSPS) is 14.9. The Morgan fingerprint density at radius 3 is 2.41 bits per heavy atom. The third-order valence-corrected chi connectivity index (χ3v) is 4.75. The van der Waals surface area contributed by atoms with Crippen molar-refractivity contribution in [2.45, 2.75) is 24.9 Å². The molecule has 10 N–H and O–H groups in total. The lowest BCUT2D eigenvalue weighted by Crippen LogP contribution is -2.41. The van der Waals surface area contributed by atoms with E-state index in [0.29, 0.717) is 36.5 Å².